The number of hydrogen-bond acceptors (Lipinski definition) is 4. The highest BCUT2D eigenvalue weighted by molar-refractivity contribution is 5.82. The molecule has 0 bridgehead atoms. The van der Waals surface area contributed by atoms with Crippen LogP contribution < -0.4 is 11.3 Å². The fourth-order valence-electron chi connectivity index (χ4n) is 3.29. The molecule has 1 aromatic carbocycles. The van der Waals surface area contributed by atoms with Gasteiger partial charge in [0.1, 0.15) is 11.6 Å². The normalized spacial score (nSPS) is 16.3. The van der Waals surface area contributed by atoms with Crippen LogP contribution in [0.25, 0.3) is 16.7 Å². The van der Waals surface area contributed by atoms with E-state index >= 15 is 0 Å². The van der Waals surface area contributed by atoms with Crippen LogP contribution in [0, 0.1) is 5.92 Å². The summed E-state index contributed by atoms with van der Waals surface area (Å²) in [5.74, 6) is 0.975. The Morgan fingerprint density at radius 1 is 1.28 bits per heavy atom. The SMILES string of the molecule is NC(c1nc2cccc(C(F)F)c2c(=O)n1-c1ccn[nH]1)C1CCC1. The van der Waals surface area contributed by atoms with E-state index < -0.39 is 18.0 Å². The van der Waals surface area contributed by atoms with E-state index in [9.17, 15) is 13.6 Å². The maximum Gasteiger partial charge on any atom is 0.267 e. The van der Waals surface area contributed by atoms with Crippen LogP contribution in [0.4, 0.5) is 8.78 Å². The molecule has 4 rings (SSSR count). The van der Waals surface area contributed by atoms with Crippen LogP contribution in [0.1, 0.15) is 43.1 Å². The van der Waals surface area contributed by atoms with Crippen LogP contribution >= 0.6 is 0 Å². The van der Waals surface area contributed by atoms with Crippen molar-refractivity contribution in [2.75, 3.05) is 0 Å². The number of aromatic nitrogens is 4. The summed E-state index contributed by atoms with van der Waals surface area (Å²) in [6, 6.07) is 5.45. The number of H-pyrrole nitrogens is 1. The van der Waals surface area contributed by atoms with Crippen LogP contribution in [0.2, 0.25) is 0 Å². The van der Waals surface area contributed by atoms with E-state index in [-0.39, 0.29) is 22.4 Å². The molecule has 1 atom stereocenters. The smallest absolute Gasteiger partial charge is 0.267 e. The van der Waals surface area contributed by atoms with Gasteiger partial charge in [0.25, 0.3) is 12.0 Å². The van der Waals surface area contributed by atoms with Crippen molar-refractivity contribution in [3.63, 3.8) is 0 Å². The van der Waals surface area contributed by atoms with E-state index in [1.54, 1.807) is 12.1 Å². The van der Waals surface area contributed by atoms with Crippen molar-refractivity contribution < 1.29 is 8.78 Å². The van der Waals surface area contributed by atoms with Crippen molar-refractivity contribution in [2.24, 2.45) is 11.7 Å². The summed E-state index contributed by atoms with van der Waals surface area (Å²) >= 11 is 0. The molecule has 130 valence electrons. The number of benzene rings is 1. The van der Waals surface area contributed by atoms with Crippen LogP contribution in [0.15, 0.2) is 35.3 Å². The molecule has 0 aliphatic heterocycles. The Morgan fingerprint density at radius 2 is 2.08 bits per heavy atom. The van der Waals surface area contributed by atoms with Crippen LogP contribution in [0.5, 0.6) is 0 Å². The van der Waals surface area contributed by atoms with Crippen LogP contribution in [0.3, 0.4) is 0 Å². The van der Waals surface area contributed by atoms with Gasteiger partial charge < -0.3 is 5.73 Å². The zero-order valence-corrected chi connectivity index (χ0v) is 13.3. The second-order valence-corrected chi connectivity index (χ2v) is 6.31. The van der Waals surface area contributed by atoms with Crippen molar-refractivity contribution in [1.29, 1.82) is 0 Å². The lowest BCUT2D eigenvalue weighted by atomic mass is 9.79. The van der Waals surface area contributed by atoms with Gasteiger partial charge in [0.15, 0.2) is 0 Å². The molecule has 1 aliphatic carbocycles. The molecule has 3 N–H and O–H groups in total. The Hall–Kier alpha value is -2.61. The van der Waals surface area contributed by atoms with Gasteiger partial charge in [0, 0.05) is 11.6 Å². The molecule has 2 heterocycles. The number of nitrogens with zero attached hydrogens (tertiary/aromatic N) is 3. The predicted molar refractivity (Wildman–Crippen MR) is 88.7 cm³/mol. The van der Waals surface area contributed by atoms with Crippen molar-refractivity contribution in [1.82, 2.24) is 19.7 Å². The Kier molecular flexibility index (Phi) is 3.84. The van der Waals surface area contributed by atoms with Crippen molar-refractivity contribution >= 4 is 10.9 Å². The summed E-state index contributed by atoms with van der Waals surface area (Å²) in [6.45, 7) is 0. The molecule has 25 heavy (non-hydrogen) atoms. The molecule has 0 amide bonds. The molecule has 8 heteroatoms. The highest BCUT2D eigenvalue weighted by atomic mass is 19.3. The molecule has 1 unspecified atom stereocenters. The van der Waals surface area contributed by atoms with Crippen LogP contribution in [-0.4, -0.2) is 19.7 Å². The highest BCUT2D eigenvalue weighted by Gasteiger charge is 2.30. The molecular weight excluding hydrogens is 328 g/mol. The number of fused-ring (bicyclic) bond motifs is 1. The van der Waals surface area contributed by atoms with E-state index in [4.69, 9.17) is 5.73 Å². The van der Waals surface area contributed by atoms with Gasteiger partial charge in [-0.2, -0.15) is 5.10 Å². The third-order valence-electron chi connectivity index (χ3n) is 4.87. The molecule has 3 aromatic rings. The molecule has 6 nitrogen and oxygen atoms in total. The van der Waals surface area contributed by atoms with E-state index in [2.05, 4.69) is 15.2 Å². The second kappa shape index (κ2) is 6.03. The predicted octanol–water partition coefficient (Wildman–Crippen LogP) is 2.85. The van der Waals surface area contributed by atoms with E-state index in [1.807, 2.05) is 0 Å². The second-order valence-electron chi connectivity index (χ2n) is 6.31. The largest absolute Gasteiger partial charge is 0.321 e. The van der Waals surface area contributed by atoms with E-state index in [0.717, 1.165) is 19.3 Å². The number of alkyl halides is 2. The van der Waals surface area contributed by atoms with Gasteiger partial charge in [-0.15, -0.1) is 0 Å². The van der Waals surface area contributed by atoms with Gasteiger partial charge in [0.2, 0.25) is 0 Å². The standard InChI is InChI=1S/C17H17F2N5O/c18-15(19)10-5-2-6-11-13(10)17(25)24(12-7-8-21-23-12)16(22-11)14(20)9-3-1-4-9/h2,5-9,14-15H,1,3-4,20H2,(H,21,23). The molecule has 0 saturated heterocycles. The Labute approximate surface area is 141 Å². The molecule has 1 fully saturated rings. The number of hydrogen-bond donors (Lipinski definition) is 2. The number of aromatic amines is 1. The van der Waals surface area contributed by atoms with Crippen molar-refractivity contribution in [3.05, 3.63) is 52.2 Å². The molecule has 1 saturated carbocycles. The van der Waals surface area contributed by atoms with E-state index in [1.165, 1.54) is 22.9 Å². The molecule has 2 aromatic heterocycles. The average Bonchev–Trinajstić information content (AvgIpc) is 3.06. The van der Waals surface area contributed by atoms with Gasteiger partial charge in [-0.1, -0.05) is 18.6 Å². The summed E-state index contributed by atoms with van der Waals surface area (Å²) in [5.41, 5.74) is 5.71. The summed E-state index contributed by atoms with van der Waals surface area (Å²) in [6.07, 6.45) is 1.75. The van der Waals surface area contributed by atoms with Gasteiger partial charge in [-0.05, 0) is 24.8 Å². The van der Waals surface area contributed by atoms with Crippen LogP contribution in [-0.2, 0) is 0 Å². The number of halogens is 2. The Balaban J connectivity index is 2.04. The first-order valence-electron chi connectivity index (χ1n) is 8.17. The lowest BCUT2D eigenvalue weighted by molar-refractivity contribution is 0.153. The van der Waals surface area contributed by atoms with Crippen molar-refractivity contribution in [3.8, 4) is 5.82 Å². The van der Waals surface area contributed by atoms with Crippen molar-refractivity contribution in [2.45, 2.75) is 31.7 Å². The summed E-state index contributed by atoms with van der Waals surface area (Å²) < 4.78 is 28.0. The van der Waals surface area contributed by atoms with Gasteiger partial charge in [-0.3, -0.25) is 9.89 Å². The first-order chi connectivity index (χ1) is 12.1. The fourth-order valence-corrected chi connectivity index (χ4v) is 3.29. The minimum atomic E-state index is -2.76. The van der Waals surface area contributed by atoms with Gasteiger partial charge in [0.05, 0.1) is 23.1 Å². The van der Waals surface area contributed by atoms with E-state index in [0.29, 0.717) is 11.6 Å². The quantitative estimate of drug-likeness (QED) is 0.761. The maximum absolute atomic E-state index is 13.4. The zero-order chi connectivity index (χ0) is 17.6. The summed E-state index contributed by atoms with van der Waals surface area (Å²) in [4.78, 5) is 17.6. The molecule has 1 aliphatic rings. The average molecular weight is 345 g/mol. The summed E-state index contributed by atoms with van der Waals surface area (Å²) in [5, 5.41) is 6.48. The number of nitrogens with two attached hydrogens (primary N) is 1. The molecule has 0 spiro atoms. The molecule has 0 radical (unpaired) electrons. The first-order valence-corrected chi connectivity index (χ1v) is 8.17. The third kappa shape index (κ3) is 2.53. The number of rotatable bonds is 4. The lowest BCUT2D eigenvalue weighted by Crippen LogP contribution is -2.34. The third-order valence-corrected chi connectivity index (χ3v) is 4.87. The minimum absolute atomic E-state index is 0.0864. The highest BCUT2D eigenvalue weighted by Crippen LogP contribution is 2.36. The topological polar surface area (TPSA) is 89.6 Å². The van der Waals surface area contributed by atoms with Gasteiger partial charge in [-0.25, -0.2) is 18.3 Å². The summed E-state index contributed by atoms with van der Waals surface area (Å²) in [7, 11) is 0. The Morgan fingerprint density at radius 3 is 2.68 bits per heavy atom. The first kappa shape index (κ1) is 15.9. The zero-order valence-electron chi connectivity index (χ0n) is 13.3. The Bertz CT molecular complexity index is 963. The lowest BCUT2D eigenvalue weighted by Gasteiger charge is -2.31. The molecular formula is C17H17F2N5O. The fraction of sp³-hybridized carbons (Fsp3) is 0.353. The number of nitrogens with one attached hydrogen (secondary N) is 1. The monoisotopic (exact) mass is 345 g/mol. The van der Waals surface area contributed by atoms with Gasteiger partial charge >= 0.3 is 0 Å². The minimum Gasteiger partial charge on any atom is -0.321 e. The maximum atomic E-state index is 13.4.